The summed E-state index contributed by atoms with van der Waals surface area (Å²) in [7, 11) is 0. The van der Waals surface area contributed by atoms with E-state index in [-0.39, 0.29) is 18.1 Å². The van der Waals surface area contributed by atoms with Crippen LogP contribution in [-0.4, -0.2) is 42.0 Å². The van der Waals surface area contributed by atoms with E-state index < -0.39 is 12.0 Å². The minimum Gasteiger partial charge on any atom is -0.492 e. The van der Waals surface area contributed by atoms with Gasteiger partial charge in [-0.2, -0.15) is 0 Å². The fourth-order valence-electron chi connectivity index (χ4n) is 4.52. The Hall–Kier alpha value is -5.17. The normalized spacial score (nSPS) is 11.2. The molecule has 0 radical (unpaired) electrons. The van der Waals surface area contributed by atoms with E-state index in [9.17, 15) is 19.5 Å². The molecular formula is C35H34N2O5. The second-order valence-electron chi connectivity index (χ2n) is 9.68. The third-order valence-electron chi connectivity index (χ3n) is 6.71. The number of amides is 1. The number of rotatable bonds is 15. The third-order valence-corrected chi connectivity index (χ3v) is 6.71. The van der Waals surface area contributed by atoms with Gasteiger partial charge in [0.2, 0.25) is 5.91 Å². The standard InChI is InChI=1S/C35H34N2O5/c1-2-3-18-33(38)37(28-14-8-5-9-15-28)23-24-42-29-21-19-26(20-22-29)25-32(35(40)41)36-31-17-11-10-16-30(31)34(39)27-12-6-4-7-13-27/h2,4-17,19-22,32,36H,1,3,18,23-25H2,(H,40,41). The first-order valence-corrected chi connectivity index (χ1v) is 13.8. The maximum Gasteiger partial charge on any atom is 0.326 e. The van der Waals surface area contributed by atoms with E-state index in [0.29, 0.717) is 48.6 Å². The summed E-state index contributed by atoms with van der Waals surface area (Å²) in [6, 6.07) is 31.5. The topological polar surface area (TPSA) is 95.9 Å². The lowest BCUT2D eigenvalue weighted by molar-refractivity contribution is -0.137. The summed E-state index contributed by atoms with van der Waals surface area (Å²) in [5.41, 5.74) is 3.00. The van der Waals surface area contributed by atoms with E-state index in [2.05, 4.69) is 11.9 Å². The quantitative estimate of drug-likeness (QED) is 0.129. The van der Waals surface area contributed by atoms with E-state index in [1.807, 2.05) is 48.5 Å². The number of ether oxygens (including phenoxy) is 1. The molecule has 0 fully saturated rings. The van der Waals surface area contributed by atoms with Crippen LogP contribution in [0.3, 0.4) is 0 Å². The number of hydrogen-bond acceptors (Lipinski definition) is 5. The molecule has 0 spiro atoms. The number of carbonyl (C=O) groups is 3. The van der Waals surface area contributed by atoms with Crippen LogP contribution in [0.25, 0.3) is 0 Å². The number of carbonyl (C=O) groups excluding carboxylic acids is 2. The van der Waals surface area contributed by atoms with Gasteiger partial charge in [-0.25, -0.2) is 4.79 Å². The molecule has 1 atom stereocenters. The van der Waals surface area contributed by atoms with Crippen LogP contribution < -0.4 is 15.0 Å². The van der Waals surface area contributed by atoms with Crippen molar-refractivity contribution in [2.45, 2.75) is 25.3 Å². The summed E-state index contributed by atoms with van der Waals surface area (Å²) >= 11 is 0. The predicted octanol–water partition coefficient (Wildman–Crippen LogP) is 6.40. The molecule has 0 aliphatic heterocycles. The zero-order valence-corrected chi connectivity index (χ0v) is 23.3. The maximum atomic E-state index is 13.1. The number of anilines is 2. The van der Waals surface area contributed by atoms with Crippen LogP contribution in [0.4, 0.5) is 11.4 Å². The lowest BCUT2D eigenvalue weighted by Gasteiger charge is -2.23. The Morgan fingerprint density at radius 3 is 2.17 bits per heavy atom. The average molecular weight is 563 g/mol. The lowest BCUT2D eigenvalue weighted by atomic mass is 10.00. The third kappa shape index (κ3) is 8.17. The van der Waals surface area contributed by atoms with Crippen molar-refractivity contribution in [3.05, 3.63) is 139 Å². The molecule has 7 nitrogen and oxygen atoms in total. The highest BCUT2D eigenvalue weighted by atomic mass is 16.5. The van der Waals surface area contributed by atoms with Crippen LogP contribution in [0.2, 0.25) is 0 Å². The summed E-state index contributed by atoms with van der Waals surface area (Å²) < 4.78 is 5.92. The second-order valence-corrected chi connectivity index (χ2v) is 9.68. The molecular weight excluding hydrogens is 528 g/mol. The Bertz CT molecular complexity index is 1490. The zero-order chi connectivity index (χ0) is 29.7. The molecule has 7 heteroatoms. The highest BCUT2D eigenvalue weighted by Crippen LogP contribution is 2.22. The SMILES string of the molecule is C=CCCC(=O)N(CCOc1ccc(CC(Nc2ccccc2C(=O)c2ccccc2)C(=O)O)cc1)c1ccccc1. The molecule has 0 aliphatic carbocycles. The lowest BCUT2D eigenvalue weighted by Crippen LogP contribution is -2.34. The number of benzene rings is 4. The monoisotopic (exact) mass is 562 g/mol. The Labute approximate surface area is 246 Å². The van der Waals surface area contributed by atoms with Gasteiger partial charge in [0.25, 0.3) is 0 Å². The maximum absolute atomic E-state index is 13.1. The minimum absolute atomic E-state index is 0.000646. The Balaban J connectivity index is 1.38. The van der Waals surface area contributed by atoms with Gasteiger partial charge in [-0.05, 0) is 48.4 Å². The number of carboxylic acid groups (broad SMARTS) is 1. The molecule has 0 heterocycles. The van der Waals surface area contributed by atoms with Crippen LogP contribution in [0.5, 0.6) is 5.75 Å². The van der Waals surface area contributed by atoms with Crippen molar-refractivity contribution in [2.24, 2.45) is 0 Å². The van der Waals surface area contributed by atoms with Gasteiger partial charge in [0, 0.05) is 35.3 Å². The molecule has 1 amide bonds. The molecule has 4 rings (SSSR count). The molecule has 214 valence electrons. The molecule has 0 aromatic heterocycles. The van der Waals surface area contributed by atoms with Crippen LogP contribution in [0.15, 0.2) is 122 Å². The van der Waals surface area contributed by atoms with E-state index >= 15 is 0 Å². The van der Waals surface area contributed by atoms with Crippen molar-refractivity contribution in [1.29, 1.82) is 0 Å². The summed E-state index contributed by atoms with van der Waals surface area (Å²) in [5.74, 6) is -0.597. The van der Waals surface area contributed by atoms with E-state index in [1.165, 1.54) is 0 Å². The van der Waals surface area contributed by atoms with Crippen molar-refractivity contribution in [3.8, 4) is 5.75 Å². The molecule has 0 aliphatic rings. The molecule has 42 heavy (non-hydrogen) atoms. The van der Waals surface area contributed by atoms with E-state index in [4.69, 9.17) is 4.74 Å². The molecule has 2 N–H and O–H groups in total. The first-order chi connectivity index (χ1) is 20.5. The van der Waals surface area contributed by atoms with Crippen molar-refractivity contribution >= 4 is 29.0 Å². The van der Waals surface area contributed by atoms with Crippen molar-refractivity contribution in [1.82, 2.24) is 0 Å². The van der Waals surface area contributed by atoms with Gasteiger partial charge >= 0.3 is 5.97 Å². The van der Waals surface area contributed by atoms with Gasteiger partial charge in [0.05, 0.1) is 6.54 Å². The van der Waals surface area contributed by atoms with Crippen molar-refractivity contribution in [3.63, 3.8) is 0 Å². The number of nitrogens with zero attached hydrogens (tertiary/aromatic N) is 1. The first kappa shape index (κ1) is 29.8. The highest BCUT2D eigenvalue weighted by Gasteiger charge is 2.21. The van der Waals surface area contributed by atoms with Crippen LogP contribution in [-0.2, 0) is 16.0 Å². The van der Waals surface area contributed by atoms with Crippen LogP contribution in [0.1, 0.15) is 34.3 Å². The van der Waals surface area contributed by atoms with Crippen molar-refractivity contribution in [2.75, 3.05) is 23.4 Å². The molecule has 4 aromatic rings. The Kier molecular flexibility index (Phi) is 10.6. The largest absolute Gasteiger partial charge is 0.492 e. The number of ketones is 1. The summed E-state index contributed by atoms with van der Waals surface area (Å²) in [5, 5.41) is 13.0. The van der Waals surface area contributed by atoms with E-state index in [0.717, 1.165) is 11.3 Å². The predicted molar refractivity (Wildman–Crippen MR) is 165 cm³/mol. The van der Waals surface area contributed by atoms with Gasteiger partial charge < -0.3 is 20.1 Å². The smallest absolute Gasteiger partial charge is 0.326 e. The van der Waals surface area contributed by atoms with E-state index in [1.54, 1.807) is 71.6 Å². The first-order valence-electron chi connectivity index (χ1n) is 13.8. The summed E-state index contributed by atoms with van der Waals surface area (Å²) in [6.45, 7) is 4.37. The zero-order valence-electron chi connectivity index (χ0n) is 23.3. The number of carboxylic acids is 1. The van der Waals surface area contributed by atoms with Gasteiger partial charge in [0.1, 0.15) is 18.4 Å². The fourth-order valence-corrected chi connectivity index (χ4v) is 4.52. The molecule has 0 saturated carbocycles. The Morgan fingerprint density at radius 2 is 1.50 bits per heavy atom. The van der Waals surface area contributed by atoms with Gasteiger partial charge in [-0.15, -0.1) is 6.58 Å². The van der Waals surface area contributed by atoms with Gasteiger partial charge in [0.15, 0.2) is 5.78 Å². The number of aliphatic carboxylic acids is 1. The van der Waals surface area contributed by atoms with Crippen molar-refractivity contribution < 1.29 is 24.2 Å². The minimum atomic E-state index is -1.03. The van der Waals surface area contributed by atoms with Crippen LogP contribution in [0, 0.1) is 0 Å². The number of allylic oxidation sites excluding steroid dienone is 1. The molecule has 1 unspecified atom stereocenters. The van der Waals surface area contributed by atoms with Gasteiger partial charge in [-0.1, -0.05) is 78.9 Å². The highest BCUT2D eigenvalue weighted by molar-refractivity contribution is 6.12. The number of nitrogens with one attached hydrogen (secondary N) is 1. The average Bonchev–Trinajstić information content (AvgIpc) is 3.03. The Morgan fingerprint density at radius 1 is 0.857 bits per heavy atom. The fraction of sp³-hybridized carbons (Fsp3) is 0.171. The summed E-state index contributed by atoms with van der Waals surface area (Å²) in [4.78, 5) is 39.7. The molecule has 0 saturated heterocycles. The second kappa shape index (κ2) is 15.0. The molecule has 0 bridgehead atoms. The van der Waals surface area contributed by atoms with Crippen LogP contribution >= 0.6 is 0 Å². The molecule has 4 aromatic carbocycles. The van der Waals surface area contributed by atoms with Gasteiger partial charge in [-0.3, -0.25) is 9.59 Å². The summed E-state index contributed by atoms with van der Waals surface area (Å²) in [6.07, 6.45) is 2.90. The number of para-hydroxylation sites is 2. The number of hydrogen-bond donors (Lipinski definition) is 2.